The lowest BCUT2D eigenvalue weighted by Gasteiger charge is -2.09. The van der Waals surface area contributed by atoms with Crippen LogP contribution in [0.15, 0.2) is 12.1 Å². The molecule has 0 saturated carbocycles. The van der Waals surface area contributed by atoms with Gasteiger partial charge in [0.2, 0.25) is 0 Å². The van der Waals surface area contributed by atoms with Crippen LogP contribution in [0.1, 0.15) is 18.1 Å². The van der Waals surface area contributed by atoms with Gasteiger partial charge in [-0.25, -0.2) is 0 Å². The van der Waals surface area contributed by atoms with E-state index >= 15 is 0 Å². The molecular formula is C12H14ClNO5. The molecule has 6 nitrogen and oxygen atoms in total. The molecular weight excluding hydrogens is 274 g/mol. The molecule has 19 heavy (non-hydrogen) atoms. The van der Waals surface area contributed by atoms with Crippen LogP contribution in [-0.4, -0.2) is 24.6 Å². The van der Waals surface area contributed by atoms with Gasteiger partial charge in [0.05, 0.1) is 30.9 Å². The molecule has 0 saturated heterocycles. The largest absolute Gasteiger partial charge is 0.497 e. The summed E-state index contributed by atoms with van der Waals surface area (Å²) in [5.41, 5.74) is 0.382. The van der Waals surface area contributed by atoms with Crippen molar-refractivity contribution in [2.45, 2.75) is 19.2 Å². The maximum absolute atomic E-state index is 11.5. The molecule has 1 aromatic rings. The first kappa shape index (κ1) is 15.2. The number of methoxy groups -OCH3 is 1. The molecule has 0 spiro atoms. The molecule has 0 atom stereocenters. The first-order valence-corrected chi connectivity index (χ1v) is 6.12. The summed E-state index contributed by atoms with van der Waals surface area (Å²) in [6.07, 6.45) is -0.189. The Labute approximate surface area is 115 Å². The van der Waals surface area contributed by atoms with Gasteiger partial charge in [-0.2, -0.15) is 0 Å². The highest BCUT2D eigenvalue weighted by Gasteiger charge is 2.23. The van der Waals surface area contributed by atoms with Crippen LogP contribution in [0.25, 0.3) is 0 Å². The van der Waals surface area contributed by atoms with Crippen LogP contribution in [0, 0.1) is 10.1 Å². The molecule has 0 N–H and O–H groups in total. The Morgan fingerprint density at radius 2 is 2.05 bits per heavy atom. The molecule has 0 amide bonds. The summed E-state index contributed by atoms with van der Waals surface area (Å²) in [5, 5.41) is 11.1. The Morgan fingerprint density at radius 1 is 1.42 bits per heavy atom. The standard InChI is InChI=1S/C12H14ClNO5/c1-3-19-11(15)6-8-4-10(18-2)5-9(7-13)12(8)14(16)17/h4-5H,3,6-7H2,1-2H3. The van der Waals surface area contributed by atoms with Crippen molar-refractivity contribution in [3.63, 3.8) is 0 Å². The molecule has 1 rings (SSSR count). The van der Waals surface area contributed by atoms with Gasteiger partial charge < -0.3 is 9.47 Å². The predicted octanol–water partition coefficient (Wildman–Crippen LogP) is 2.45. The zero-order chi connectivity index (χ0) is 14.4. The Balaban J connectivity index is 3.25. The second-order valence-corrected chi connectivity index (χ2v) is 3.93. The molecule has 0 aromatic heterocycles. The Kier molecular flexibility index (Phi) is 5.57. The summed E-state index contributed by atoms with van der Waals surface area (Å²) in [5.74, 6) is -0.150. The highest BCUT2D eigenvalue weighted by molar-refractivity contribution is 6.17. The van der Waals surface area contributed by atoms with E-state index < -0.39 is 10.9 Å². The van der Waals surface area contributed by atoms with Crippen molar-refractivity contribution in [3.8, 4) is 5.75 Å². The minimum atomic E-state index is -0.550. The fourth-order valence-corrected chi connectivity index (χ4v) is 1.89. The first-order valence-electron chi connectivity index (χ1n) is 5.59. The molecule has 0 aliphatic heterocycles. The van der Waals surface area contributed by atoms with Crippen LogP contribution in [-0.2, 0) is 21.8 Å². The number of benzene rings is 1. The van der Waals surface area contributed by atoms with Crippen molar-refractivity contribution in [3.05, 3.63) is 33.4 Å². The lowest BCUT2D eigenvalue weighted by Crippen LogP contribution is -2.10. The van der Waals surface area contributed by atoms with Gasteiger partial charge in [0.15, 0.2) is 0 Å². The SMILES string of the molecule is CCOC(=O)Cc1cc(OC)cc(CCl)c1[N+](=O)[O-]. The summed E-state index contributed by atoms with van der Waals surface area (Å²) >= 11 is 5.70. The van der Waals surface area contributed by atoms with Crippen LogP contribution < -0.4 is 4.74 Å². The average Bonchev–Trinajstić information content (AvgIpc) is 2.37. The molecule has 1 aromatic carbocycles. The van der Waals surface area contributed by atoms with Crippen LogP contribution in [0.2, 0.25) is 0 Å². The normalized spacial score (nSPS) is 10.1. The van der Waals surface area contributed by atoms with Gasteiger partial charge in [0.1, 0.15) is 5.75 Å². The fourth-order valence-electron chi connectivity index (χ4n) is 1.68. The fraction of sp³-hybridized carbons (Fsp3) is 0.417. The zero-order valence-electron chi connectivity index (χ0n) is 10.6. The van der Waals surface area contributed by atoms with E-state index in [-0.39, 0.29) is 30.2 Å². The van der Waals surface area contributed by atoms with Crippen molar-refractivity contribution < 1.29 is 19.2 Å². The van der Waals surface area contributed by atoms with Crippen molar-refractivity contribution in [2.75, 3.05) is 13.7 Å². The number of rotatable bonds is 6. The third-order valence-corrected chi connectivity index (χ3v) is 2.73. The molecule has 0 bridgehead atoms. The van der Waals surface area contributed by atoms with E-state index in [4.69, 9.17) is 21.1 Å². The molecule has 0 radical (unpaired) electrons. The third-order valence-electron chi connectivity index (χ3n) is 2.44. The quantitative estimate of drug-likeness (QED) is 0.347. The van der Waals surface area contributed by atoms with E-state index in [0.29, 0.717) is 11.3 Å². The molecule has 0 unspecified atom stereocenters. The van der Waals surface area contributed by atoms with Gasteiger partial charge in [0.25, 0.3) is 5.69 Å². The predicted molar refractivity (Wildman–Crippen MR) is 69.5 cm³/mol. The summed E-state index contributed by atoms with van der Waals surface area (Å²) in [7, 11) is 1.44. The Hall–Kier alpha value is -1.82. The highest BCUT2D eigenvalue weighted by Crippen LogP contribution is 2.31. The van der Waals surface area contributed by atoms with E-state index in [1.54, 1.807) is 6.92 Å². The second kappa shape index (κ2) is 6.94. The van der Waals surface area contributed by atoms with E-state index in [2.05, 4.69) is 0 Å². The van der Waals surface area contributed by atoms with Crippen LogP contribution in [0.3, 0.4) is 0 Å². The van der Waals surface area contributed by atoms with Crippen molar-refractivity contribution >= 4 is 23.3 Å². The molecule has 7 heteroatoms. The number of carbonyl (C=O) groups is 1. The number of halogens is 1. The smallest absolute Gasteiger partial charge is 0.310 e. The molecule has 0 aliphatic carbocycles. The van der Waals surface area contributed by atoms with Crippen molar-refractivity contribution in [1.29, 1.82) is 0 Å². The monoisotopic (exact) mass is 287 g/mol. The zero-order valence-corrected chi connectivity index (χ0v) is 11.4. The maximum atomic E-state index is 11.5. The van der Waals surface area contributed by atoms with Gasteiger partial charge in [-0.1, -0.05) is 0 Å². The molecule has 104 valence electrons. The first-order chi connectivity index (χ1) is 9.03. The number of carbonyl (C=O) groups excluding carboxylic acids is 1. The van der Waals surface area contributed by atoms with Crippen molar-refractivity contribution in [2.24, 2.45) is 0 Å². The van der Waals surface area contributed by atoms with E-state index in [1.165, 1.54) is 19.2 Å². The minimum Gasteiger partial charge on any atom is -0.497 e. The summed E-state index contributed by atoms with van der Waals surface area (Å²) in [6.45, 7) is 1.89. The highest BCUT2D eigenvalue weighted by atomic mass is 35.5. The van der Waals surface area contributed by atoms with Gasteiger partial charge in [-0.3, -0.25) is 14.9 Å². The maximum Gasteiger partial charge on any atom is 0.310 e. The lowest BCUT2D eigenvalue weighted by atomic mass is 10.0. The second-order valence-electron chi connectivity index (χ2n) is 3.67. The van der Waals surface area contributed by atoms with Gasteiger partial charge in [-0.05, 0) is 19.1 Å². The van der Waals surface area contributed by atoms with E-state index in [0.717, 1.165) is 0 Å². The Bertz CT molecular complexity index is 489. The van der Waals surface area contributed by atoms with Gasteiger partial charge >= 0.3 is 5.97 Å². The lowest BCUT2D eigenvalue weighted by molar-refractivity contribution is -0.386. The number of hydrogen-bond acceptors (Lipinski definition) is 5. The van der Waals surface area contributed by atoms with Gasteiger partial charge in [0, 0.05) is 11.1 Å². The number of nitrogens with zero attached hydrogens (tertiary/aromatic N) is 1. The van der Waals surface area contributed by atoms with Crippen LogP contribution in [0.5, 0.6) is 5.75 Å². The summed E-state index contributed by atoms with van der Waals surface area (Å²) in [6, 6.07) is 2.94. The summed E-state index contributed by atoms with van der Waals surface area (Å²) in [4.78, 5) is 22.0. The molecule has 0 heterocycles. The van der Waals surface area contributed by atoms with Gasteiger partial charge in [-0.15, -0.1) is 11.6 Å². The van der Waals surface area contributed by atoms with Crippen molar-refractivity contribution in [1.82, 2.24) is 0 Å². The minimum absolute atomic E-state index is 0.0384. The molecule has 0 aliphatic rings. The number of nitro groups is 1. The van der Waals surface area contributed by atoms with E-state index in [9.17, 15) is 14.9 Å². The number of ether oxygens (including phenoxy) is 2. The third kappa shape index (κ3) is 3.82. The number of hydrogen-bond donors (Lipinski definition) is 0. The average molecular weight is 288 g/mol. The van der Waals surface area contributed by atoms with Crippen LogP contribution >= 0.6 is 11.6 Å². The molecule has 0 fully saturated rings. The van der Waals surface area contributed by atoms with Crippen LogP contribution in [0.4, 0.5) is 5.69 Å². The number of alkyl halides is 1. The van der Waals surface area contributed by atoms with E-state index in [1.807, 2.05) is 0 Å². The Morgan fingerprint density at radius 3 is 2.53 bits per heavy atom. The number of nitro benzene ring substituents is 1. The topological polar surface area (TPSA) is 78.7 Å². The summed E-state index contributed by atoms with van der Waals surface area (Å²) < 4.78 is 9.83. The number of esters is 1.